The van der Waals surface area contributed by atoms with Crippen molar-refractivity contribution in [2.75, 3.05) is 0 Å². The van der Waals surface area contributed by atoms with E-state index in [-0.39, 0.29) is 79.3 Å². The Bertz CT molecular complexity index is 3340. The van der Waals surface area contributed by atoms with Crippen LogP contribution in [-0.2, 0) is 26.5 Å². The van der Waals surface area contributed by atoms with Crippen molar-refractivity contribution in [2.45, 2.75) is 0 Å². The van der Waals surface area contributed by atoms with Crippen LogP contribution in [0.1, 0.15) is 20.7 Å². The van der Waals surface area contributed by atoms with Gasteiger partial charge in [0.05, 0.1) is 49.9 Å². The fourth-order valence-corrected chi connectivity index (χ4v) is 8.10. The number of aromatic nitrogens is 8. The maximum Gasteiger partial charge on any atom is 2.00 e. The van der Waals surface area contributed by atoms with Crippen molar-refractivity contribution in [1.29, 1.82) is 0 Å². The molecule has 18 heteroatoms. The average molecular weight is 911 g/mol. The molecule has 0 unspecified atom stereocenters. The SMILES string of the molecule is C[n+]1c2nc3[n-]c(nc4nc(nc5[n-]c(nc1-c1c(Cl)c(Cl)c(Cl)c(Cl)c1-2)c1cc(Oc2cc(C(=O)O)cc(C(=O)O)c2)ccc51)-c1ccccc1-4)c1ccccc31.[Zn+2]. The van der Waals surface area contributed by atoms with Crippen LogP contribution < -0.4 is 19.3 Å². The van der Waals surface area contributed by atoms with Crippen LogP contribution in [0.2, 0.25) is 20.1 Å². The second kappa shape index (κ2) is 14.4. The summed E-state index contributed by atoms with van der Waals surface area (Å²) in [5.41, 5.74) is 2.80. The molecule has 0 saturated carbocycles. The van der Waals surface area contributed by atoms with Crippen molar-refractivity contribution >= 4 is 102 Å². The summed E-state index contributed by atoms with van der Waals surface area (Å²) in [6.07, 6.45) is 0. The average Bonchev–Trinajstić information content (AvgIpc) is 3.93. The van der Waals surface area contributed by atoms with E-state index in [2.05, 4.69) is 0 Å². The number of aromatic carboxylic acids is 2. The van der Waals surface area contributed by atoms with Crippen molar-refractivity contribution in [1.82, 2.24) is 34.9 Å². The normalized spacial score (nSPS) is 11.6. The summed E-state index contributed by atoms with van der Waals surface area (Å²) in [4.78, 5) is 58.3. The molecule has 5 aromatic carbocycles. The van der Waals surface area contributed by atoms with Crippen molar-refractivity contribution in [3.8, 4) is 57.1 Å². The van der Waals surface area contributed by atoms with E-state index in [0.717, 1.165) is 22.6 Å². The van der Waals surface area contributed by atoms with Crippen molar-refractivity contribution in [3.05, 3.63) is 116 Å². The molecule has 13 nitrogen and oxygen atoms in total. The van der Waals surface area contributed by atoms with Crippen LogP contribution in [-0.4, -0.2) is 47.1 Å². The Labute approximate surface area is 364 Å². The Morgan fingerprint density at radius 1 is 0.559 bits per heavy atom. The van der Waals surface area contributed by atoms with Gasteiger partial charge in [0, 0.05) is 44.8 Å². The van der Waals surface area contributed by atoms with Crippen LogP contribution in [0.15, 0.2) is 84.9 Å². The summed E-state index contributed by atoms with van der Waals surface area (Å²) in [5, 5.41) is 22.0. The molecule has 8 aromatic rings. The van der Waals surface area contributed by atoms with E-state index in [4.69, 9.17) is 86.0 Å². The summed E-state index contributed by atoms with van der Waals surface area (Å²) >= 11 is 27.2. The van der Waals surface area contributed by atoms with Gasteiger partial charge < -0.3 is 44.9 Å². The topological polar surface area (TPSA) is 180 Å². The molecule has 0 atom stereocenters. The van der Waals surface area contributed by atoms with Crippen LogP contribution in [0.5, 0.6) is 11.5 Å². The molecule has 10 rings (SSSR count). The fourth-order valence-electron chi connectivity index (χ4n) is 7.08. The van der Waals surface area contributed by atoms with E-state index in [1.807, 2.05) is 48.5 Å². The number of rotatable bonds is 4. The molecule has 8 bridgehead atoms. The molecule has 0 spiro atoms. The quantitative estimate of drug-likeness (QED) is 0.0741. The van der Waals surface area contributed by atoms with Crippen molar-refractivity contribution in [2.24, 2.45) is 7.05 Å². The van der Waals surface area contributed by atoms with Gasteiger partial charge in [-0.25, -0.2) is 14.6 Å². The fraction of sp³-hybridized carbons (Fsp3) is 0.0244. The first-order valence-electron chi connectivity index (χ1n) is 17.2. The number of fused-ring (bicyclic) bond motifs is 20. The molecule has 0 aliphatic carbocycles. The number of benzene rings is 5. The van der Waals surface area contributed by atoms with E-state index in [1.165, 1.54) is 12.1 Å². The molecule has 2 N–H and O–H groups in total. The summed E-state index contributed by atoms with van der Waals surface area (Å²) in [5.74, 6) is -1.11. The molecule has 2 aliphatic heterocycles. The third kappa shape index (κ3) is 6.18. The van der Waals surface area contributed by atoms with Crippen molar-refractivity contribution in [3.63, 3.8) is 0 Å². The Hall–Kier alpha value is -6.02. The molecule has 282 valence electrons. The third-order valence-electron chi connectivity index (χ3n) is 9.76. The largest absolute Gasteiger partial charge is 2.00 e. The third-order valence-corrected chi connectivity index (χ3v) is 11.6. The number of ether oxygens (including phenoxy) is 1. The maximum atomic E-state index is 11.8. The van der Waals surface area contributed by atoms with E-state index >= 15 is 0 Å². The van der Waals surface area contributed by atoms with E-state index < -0.39 is 11.9 Å². The predicted molar refractivity (Wildman–Crippen MR) is 218 cm³/mol. The zero-order valence-corrected chi connectivity index (χ0v) is 36.0. The summed E-state index contributed by atoms with van der Waals surface area (Å²) in [6.45, 7) is 0. The van der Waals surface area contributed by atoms with Gasteiger partial charge in [-0.15, -0.1) is 0 Å². The first kappa shape index (κ1) is 38.5. The number of carboxylic acids is 2. The van der Waals surface area contributed by atoms with Crippen molar-refractivity contribution < 1.29 is 48.6 Å². The summed E-state index contributed by atoms with van der Waals surface area (Å²) < 4.78 is 7.76. The molecule has 0 amide bonds. The minimum atomic E-state index is -1.32. The Balaban J connectivity index is 0.00000449. The first-order valence-corrected chi connectivity index (χ1v) is 18.7. The number of carbonyl (C=O) groups is 2. The van der Waals surface area contributed by atoms with Gasteiger partial charge in [-0.1, -0.05) is 94.9 Å². The van der Waals surface area contributed by atoms with Crippen LogP contribution in [0, 0.1) is 0 Å². The summed E-state index contributed by atoms with van der Waals surface area (Å²) in [6, 6.07) is 23.6. The van der Waals surface area contributed by atoms with Gasteiger partial charge in [0.15, 0.2) is 0 Å². The Kier molecular flexibility index (Phi) is 9.37. The minimum Gasteiger partial charge on any atom is -0.478 e. The maximum absolute atomic E-state index is 11.8. The van der Waals surface area contributed by atoms with Gasteiger partial charge in [0.1, 0.15) is 23.1 Å². The molecular formula is C41H19Cl4N8O5Zn+. The first-order chi connectivity index (χ1) is 27.9. The molecule has 0 radical (unpaired) electrons. The van der Waals surface area contributed by atoms with Gasteiger partial charge in [0.25, 0.3) is 0 Å². The molecular weight excluding hydrogens is 892 g/mol. The van der Waals surface area contributed by atoms with Gasteiger partial charge in [-0.05, 0) is 57.9 Å². The number of nitrogens with zero attached hydrogens (tertiary/aromatic N) is 8. The molecule has 59 heavy (non-hydrogen) atoms. The molecule has 2 aliphatic rings. The monoisotopic (exact) mass is 907 g/mol. The number of carboxylic acid groups (broad SMARTS) is 2. The zero-order chi connectivity index (χ0) is 40.1. The van der Waals surface area contributed by atoms with Crippen LogP contribution >= 0.6 is 46.4 Å². The Morgan fingerprint density at radius 2 is 1.02 bits per heavy atom. The predicted octanol–water partition coefficient (Wildman–Crippen LogP) is 9.36. The van der Waals surface area contributed by atoms with E-state index in [1.54, 1.807) is 29.8 Å². The van der Waals surface area contributed by atoms with Crippen LogP contribution in [0.4, 0.5) is 0 Å². The van der Waals surface area contributed by atoms with Gasteiger partial charge in [-0.3, -0.25) is 4.57 Å². The molecule has 0 saturated heterocycles. The van der Waals surface area contributed by atoms with E-state index in [0.29, 0.717) is 56.1 Å². The van der Waals surface area contributed by atoms with Crippen LogP contribution in [0.3, 0.4) is 0 Å². The zero-order valence-electron chi connectivity index (χ0n) is 30.0. The van der Waals surface area contributed by atoms with Gasteiger partial charge in [0.2, 0.25) is 0 Å². The molecule has 3 aromatic heterocycles. The second-order valence-electron chi connectivity index (χ2n) is 13.2. The summed E-state index contributed by atoms with van der Waals surface area (Å²) in [7, 11) is 1.73. The number of halogens is 4. The molecule has 5 heterocycles. The van der Waals surface area contributed by atoms with E-state index in [9.17, 15) is 19.8 Å². The smallest absolute Gasteiger partial charge is 0.478 e. The minimum absolute atomic E-state index is 0. The number of hydrogen-bond acceptors (Lipinski definition) is 8. The van der Waals surface area contributed by atoms with Crippen LogP contribution in [0.25, 0.3) is 89.7 Å². The second-order valence-corrected chi connectivity index (χ2v) is 14.7. The molecule has 0 fully saturated rings. The van der Waals surface area contributed by atoms with Gasteiger partial charge in [-0.2, -0.15) is 0 Å². The number of hydrogen-bond donors (Lipinski definition) is 2. The standard InChI is InChI=1S/C41H20Cl4N8O5.Zn/c1-53-38-26-27(29(43)31(45)30(44)28(26)42)39(53)52-37-25-15-18(58-19-13-16(40(54)55)12-17(14-19)41(56)57)10-11-24(25)35(50-37)48-33-21-7-3-2-6-20(21)32(46-33)47-34-22-8-4-5-9-23(22)36(49-34)51-38;/h2-15H,1H3,(H3,46,47,48,49,50,51,52,54,55,56,57);/q;+2/p-1. The Morgan fingerprint density at radius 3 is 1.53 bits per heavy atom. The van der Waals surface area contributed by atoms with Gasteiger partial charge >= 0.3 is 31.4 Å².